The van der Waals surface area contributed by atoms with Crippen molar-refractivity contribution in [3.8, 4) is 12.3 Å². The van der Waals surface area contributed by atoms with Crippen LogP contribution in [-0.4, -0.2) is 61.8 Å². The number of esters is 3. The number of aromatic nitrogens is 4. The summed E-state index contributed by atoms with van der Waals surface area (Å²) < 4.78 is 23.2. The van der Waals surface area contributed by atoms with Crippen LogP contribution in [0.2, 0.25) is 10.4 Å². The van der Waals surface area contributed by atoms with Crippen molar-refractivity contribution >= 4 is 52.3 Å². The van der Waals surface area contributed by atoms with E-state index in [4.69, 9.17) is 48.6 Å². The number of halogens is 2. The van der Waals surface area contributed by atoms with Crippen molar-refractivity contribution < 1.29 is 33.3 Å². The minimum Gasteiger partial charge on any atom is -0.455 e. The van der Waals surface area contributed by atoms with Crippen LogP contribution in [0.25, 0.3) is 11.2 Å². The number of hydrogen-bond acceptors (Lipinski definition) is 10. The molecule has 0 amide bonds. The van der Waals surface area contributed by atoms with Gasteiger partial charge in [0.2, 0.25) is 5.28 Å². The quantitative estimate of drug-likeness (QED) is 0.208. The first-order chi connectivity index (χ1) is 14.6. The Morgan fingerprint density at radius 3 is 2.35 bits per heavy atom. The van der Waals surface area contributed by atoms with Crippen LogP contribution in [0.3, 0.4) is 0 Å². The SMILES string of the molecule is C#C[C@H](OC(C)=O)[C@H]1O[C@@H](n2cnc3c(Cl)nc(Cl)nc32)[C@H](OC(C)=O)[C@H]1OC(C)=O. The van der Waals surface area contributed by atoms with E-state index in [1.807, 2.05) is 0 Å². The molecule has 5 atom stereocenters. The Balaban J connectivity index is 2.12. The van der Waals surface area contributed by atoms with Gasteiger partial charge in [-0.25, -0.2) is 9.97 Å². The molecule has 31 heavy (non-hydrogen) atoms. The van der Waals surface area contributed by atoms with E-state index in [0.29, 0.717) is 0 Å². The standard InChI is InChI=1S/C18H16Cl2N4O7/c1-5-10(28-7(2)25)12-13(29-8(3)26)14(30-9(4)27)17(31-12)24-6-21-11-15(19)22-18(20)23-16(11)24/h1,6,10,12-14,17H,2-4H3/t10-,12+,13-,14+,17+/m0/s1. The van der Waals surface area contributed by atoms with Crippen LogP contribution < -0.4 is 0 Å². The Hall–Kier alpha value is -2.94. The van der Waals surface area contributed by atoms with E-state index in [2.05, 4.69) is 20.9 Å². The van der Waals surface area contributed by atoms with Gasteiger partial charge in [-0.1, -0.05) is 17.5 Å². The van der Waals surface area contributed by atoms with Crippen molar-refractivity contribution in [2.45, 2.75) is 51.4 Å². The van der Waals surface area contributed by atoms with E-state index in [-0.39, 0.29) is 21.6 Å². The second-order valence-electron chi connectivity index (χ2n) is 6.44. The lowest BCUT2D eigenvalue weighted by molar-refractivity contribution is -0.167. The molecule has 3 rings (SSSR count). The fraction of sp³-hybridized carbons (Fsp3) is 0.444. The molecule has 0 spiro atoms. The Kier molecular flexibility index (Phi) is 6.64. The van der Waals surface area contributed by atoms with Crippen LogP contribution in [0, 0.1) is 12.3 Å². The number of ether oxygens (including phenoxy) is 4. The molecule has 0 aliphatic carbocycles. The van der Waals surface area contributed by atoms with E-state index in [9.17, 15) is 14.4 Å². The molecule has 2 aromatic heterocycles. The lowest BCUT2D eigenvalue weighted by Gasteiger charge is -2.25. The molecule has 2 aromatic rings. The molecule has 0 radical (unpaired) electrons. The number of terminal acetylenes is 1. The van der Waals surface area contributed by atoms with E-state index < -0.39 is 48.6 Å². The predicted molar refractivity (Wildman–Crippen MR) is 105 cm³/mol. The van der Waals surface area contributed by atoms with Gasteiger partial charge in [-0.05, 0) is 11.6 Å². The highest BCUT2D eigenvalue weighted by Gasteiger charge is 2.54. The third-order valence-electron chi connectivity index (χ3n) is 4.21. The summed E-state index contributed by atoms with van der Waals surface area (Å²) in [6.07, 6.45) is 0.868. The van der Waals surface area contributed by atoms with Crippen LogP contribution in [0.1, 0.15) is 27.0 Å². The zero-order chi connectivity index (χ0) is 22.9. The smallest absolute Gasteiger partial charge is 0.303 e. The van der Waals surface area contributed by atoms with Crippen molar-refractivity contribution in [2.24, 2.45) is 0 Å². The lowest BCUT2D eigenvalue weighted by atomic mass is 10.0. The molecule has 1 aliphatic rings. The van der Waals surface area contributed by atoms with Gasteiger partial charge in [0, 0.05) is 20.8 Å². The Morgan fingerprint density at radius 1 is 1.13 bits per heavy atom. The maximum absolute atomic E-state index is 11.8. The molecule has 0 bridgehead atoms. The van der Waals surface area contributed by atoms with Crippen molar-refractivity contribution in [3.63, 3.8) is 0 Å². The van der Waals surface area contributed by atoms with E-state index in [0.717, 1.165) is 13.8 Å². The van der Waals surface area contributed by atoms with E-state index in [1.165, 1.54) is 17.8 Å². The highest BCUT2D eigenvalue weighted by molar-refractivity contribution is 6.35. The van der Waals surface area contributed by atoms with Gasteiger partial charge in [0.25, 0.3) is 0 Å². The molecule has 13 heteroatoms. The number of carbonyl (C=O) groups excluding carboxylic acids is 3. The zero-order valence-electron chi connectivity index (χ0n) is 16.4. The number of carbonyl (C=O) groups is 3. The van der Waals surface area contributed by atoms with Gasteiger partial charge in [-0.15, -0.1) is 6.42 Å². The second-order valence-corrected chi connectivity index (χ2v) is 7.14. The average Bonchev–Trinajstić information content (AvgIpc) is 3.21. The number of hydrogen-bond donors (Lipinski definition) is 0. The topological polar surface area (TPSA) is 132 Å². The zero-order valence-corrected chi connectivity index (χ0v) is 18.0. The van der Waals surface area contributed by atoms with Crippen LogP contribution in [-0.2, 0) is 33.3 Å². The molecular weight excluding hydrogens is 455 g/mol. The Morgan fingerprint density at radius 2 is 1.77 bits per heavy atom. The van der Waals surface area contributed by atoms with Crippen LogP contribution >= 0.6 is 23.2 Å². The van der Waals surface area contributed by atoms with Gasteiger partial charge in [0.15, 0.2) is 35.3 Å². The van der Waals surface area contributed by atoms with Gasteiger partial charge in [0.05, 0.1) is 6.33 Å². The normalized spacial score (nSPS) is 23.7. The molecule has 0 saturated carbocycles. The molecule has 3 heterocycles. The molecule has 1 saturated heterocycles. The fourth-order valence-electron chi connectivity index (χ4n) is 3.19. The molecule has 11 nitrogen and oxygen atoms in total. The van der Waals surface area contributed by atoms with Crippen LogP contribution in [0.5, 0.6) is 0 Å². The maximum Gasteiger partial charge on any atom is 0.303 e. The monoisotopic (exact) mass is 470 g/mol. The van der Waals surface area contributed by atoms with Gasteiger partial charge in [0.1, 0.15) is 11.6 Å². The number of fused-ring (bicyclic) bond motifs is 1. The first kappa shape index (κ1) is 22.7. The molecule has 0 aromatic carbocycles. The van der Waals surface area contributed by atoms with Gasteiger partial charge in [-0.2, -0.15) is 4.98 Å². The summed E-state index contributed by atoms with van der Waals surface area (Å²) in [4.78, 5) is 47.1. The van der Waals surface area contributed by atoms with Gasteiger partial charge < -0.3 is 18.9 Å². The summed E-state index contributed by atoms with van der Waals surface area (Å²) in [6.45, 7) is 3.48. The summed E-state index contributed by atoms with van der Waals surface area (Å²) in [7, 11) is 0. The maximum atomic E-state index is 11.8. The first-order valence-corrected chi connectivity index (χ1v) is 9.56. The minimum atomic E-state index is -1.25. The van der Waals surface area contributed by atoms with Crippen LogP contribution in [0.4, 0.5) is 0 Å². The van der Waals surface area contributed by atoms with E-state index >= 15 is 0 Å². The highest BCUT2D eigenvalue weighted by atomic mass is 35.5. The van der Waals surface area contributed by atoms with Crippen molar-refractivity contribution in [1.82, 2.24) is 19.5 Å². The van der Waals surface area contributed by atoms with Crippen LogP contribution in [0.15, 0.2) is 6.33 Å². The molecule has 0 N–H and O–H groups in total. The summed E-state index contributed by atoms with van der Waals surface area (Å²) in [6, 6.07) is 0. The third kappa shape index (κ3) is 4.71. The number of rotatable bonds is 5. The Bertz CT molecular complexity index is 1080. The predicted octanol–water partition coefficient (Wildman–Crippen LogP) is 1.46. The van der Waals surface area contributed by atoms with Crippen molar-refractivity contribution in [2.75, 3.05) is 0 Å². The molecule has 164 valence electrons. The summed E-state index contributed by atoms with van der Waals surface area (Å²) in [5.41, 5.74) is 0.372. The molecule has 0 unspecified atom stereocenters. The lowest BCUT2D eigenvalue weighted by Crippen LogP contribution is -2.44. The summed E-state index contributed by atoms with van der Waals surface area (Å²) >= 11 is 12.0. The van der Waals surface area contributed by atoms with Crippen molar-refractivity contribution in [3.05, 3.63) is 16.8 Å². The summed E-state index contributed by atoms with van der Waals surface area (Å²) in [5.74, 6) is 0.221. The third-order valence-corrected chi connectivity index (χ3v) is 4.64. The average molecular weight is 471 g/mol. The van der Waals surface area contributed by atoms with E-state index in [1.54, 1.807) is 0 Å². The molecule has 1 aliphatic heterocycles. The second kappa shape index (κ2) is 9.05. The Labute approximate surface area is 185 Å². The first-order valence-electron chi connectivity index (χ1n) is 8.81. The minimum absolute atomic E-state index is 0.00900. The molecule has 1 fully saturated rings. The molecular formula is C18H16Cl2N4O7. The largest absolute Gasteiger partial charge is 0.455 e. The van der Waals surface area contributed by atoms with Gasteiger partial charge >= 0.3 is 17.9 Å². The highest BCUT2D eigenvalue weighted by Crippen LogP contribution is 2.38. The fourth-order valence-corrected chi connectivity index (χ4v) is 3.61. The summed E-state index contributed by atoms with van der Waals surface area (Å²) in [5, 5.41) is -0.166. The number of imidazole rings is 1. The van der Waals surface area contributed by atoms with Crippen molar-refractivity contribution in [1.29, 1.82) is 0 Å². The van der Waals surface area contributed by atoms with Gasteiger partial charge in [-0.3, -0.25) is 19.0 Å². The number of nitrogens with zero attached hydrogens (tertiary/aromatic N) is 4.